The minimum atomic E-state index is -1.63. The van der Waals surface area contributed by atoms with Crippen LogP contribution in [0.15, 0.2) is 52.3 Å². The van der Waals surface area contributed by atoms with Gasteiger partial charge in [0.2, 0.25) is 0 Å². The van der Waals surface area contributed by atoms with E-state index in [9.17, 15) is 0 Å². The average molecular weight is 412 g/mol. The molecule has 1 aromatic carbocycles. The Kier molecular flexibility index (Phi) is 3.82. The maximum atomic E-state index is 3.87. The largest absolute Gasteiger partial charge is 0.297 e. The molecule has 0 N–H and O–H groups in total. The van der Waals surface area contributed by atoms with Gasteiger partial charge >= 0.3 is 0 Å². The summed E-state index contributed by atoms with van der Waals surface area (Å²) in [5, 5.41) is 3.23. The Hall–Kier alpha value is -1.32. The predicted octanol–water partition coefficient (Wildman–Crippen LogP) is 5.96. The number of allylic oxidation sites excluding steroid dienone is 6. The van der Waals surface area contributed by atoms with E-state index in [2.05, 4.69) is 91.2 Å². The van der Waals surface area contributed by atoms with Crippen LogP contribution >= 0.6 is 16.1 Å². The lowest BCUT2D eigenvalue weighted by Gasteiger charge is -2.28. The zero-order valence-corrected chi connectivity index (χ0v) is 18.6. The normalized spacial score (nSPS) is 22.1. The Labute approximate surface area is 161 Å². The summed E-state index contributed by atoms with van der Waals surface area (Å²) in [5.74, 6) is 0. The van der Waals surface area contributed by atoms with Gasteiger partial charge in [0.15, 0.2) is 0 Å². The van der Waals surface area contributed by atoms with Crippen molar-refractivity contribution in [1.29, 1.82) is 0 Å². The van der Waals surface area contributed by atoms with Crippen LogP contribution < -0.4 is 9.11 Å². The fourth-order valence-corrected chi connectivity index (χ4v) is 8.59. The van der Waals surface area contributed by atoms with Gasteiger partial charge in [-0.1, -0.05) is 47.8 Å². The number of halogens is 1. The fourth-order valence-electron chi connectivity index (χ4n) is 4.74. The summed E-state index contributed by atoms with van der Waals surface area (Å²) in [7, 11) is -1.63. The van der Waals surface area contributed by atoms with Gasteiger partial charge in [-0.05, 0) is 68.0 Å². The first kappa shape index (κ1) is 17.1. The first-order valence-corrected chi connectivity index (χ1v) is 12.8. The molecule has 3 heteroatoms. The molecular weight excluding hydrogens is 386 g/mol. The molecule has 1 heterocycles. The molecule has 0 bridgehead atoms. The van der Waals surface area contributed by atoms with E-state index in [-0.39, 0.29) is 0 Å². The lowest BCUT2D eigenvalue weighted by molar-refractivity contribution is 1.02. The van der Waals surface area contributed by atoms with Crippen molar-refractivity contribution < 1.29 is 0 Å². The van der Waals surface area contributed by atoms with Gasteiger partial charge in [-0.25, -0.2) is 0 Å². The van der Waals surface area contributed by atoms with Crippen LogP contribution in [0.25, 0.3) is 5.57 Å². The van der Waals surface area contributed by atoms with Crippen LogP contribution in [0.4, 0.5) is 5.69 Å². The Morgan fingerprint density at radius 2 is 1.80 bits per heavy atom. The minimum Gasteiger partial charge on any atom is -0.297 e. The van der Waals surface area contributed by atoms with E-state index in [0.717, 1.165) is 6.42 Å². The molecule has 1 aliphatic heterocycles. The molecule has 1 unspecified atom stereocenters. The Bertz CT molecular complexity index is 914. The Morgan fingerprint density at radius 1 is 1.08 bits per heavy atom. The van der Waals surface area contributed by atoms with Gasteiger partial charge < -0.3 is 0 Å². The molecule has 25 heavy (non-hydrogen) atoms. The van der Waals surface area contributed by atoms with Crippen LogP contribution in [0, 0.1) is 6.92 Å². The molecule has 3 aliphatic rings. The molecule has 0 fully saturated rings. The summed E-state index contributed by atoms with van der Waals surface area (Å²) in [6, 6.07) is 5.29. The van der Waals surface area contributed by atoms with E-state index in [1.807, 2.05) is 0 Å². The standard InChI is InChI=1S/C22H26BrNSi/c1-13-11-19-18(12-20(13)25(5,6)17-9-7-8-10-17)21-15(3)14(2)16(4)22(21)24(19)23/h7-9,11-12,22H,10H2,1-6H3. The van der Waals surface area contributed by atoms with Gasteiger partial charge in [0.25, 0.3) is 0 Å². The quantitative estimate of drug-likeness (QED) is 0.428. The highest BCUT2D eigenvalue weighted by atomic mass is 79.9. The van der Waals surface area contributed by atoms with Crippen molar-refractivity contribution >= 4 is 40.7 Å². The molecule has 2 aliphatic carbocycles. The van der Waals surface area contributed by atoms with E-state index in [4.69, 9.17) is 0 Å². The maximum Gasteiger partial charge on any atom is 0.108 e. The van der Waals surface area contributed by atoms with Gasteiger partial charge in [-0.15, -0.1) is 0 Å². The smallest absolute Gasteiger partial charge is 0.108 e. The fraction of sp³-hybridized carbons (Fsp3) is 0.364. The van der Waals surface area contributed by atoms with E-state index in [1.54, 1.807) is 10.4 Å². The molecule has 0 radical (unpaired) electrons. The summed E-state index contributed by atoms with van der Waals surface area (Å²) in [4.78, 5) is 0. The average Bonchev–Trinajstić information content (AvgIpc) is 3.24. The molecule has 130 valence electrons. The van der Waals surface area contributed by atoms with Crippen molar-refractivity contribution in [3.8, 4) is 0 Å². The van der Waals surface area contributed by atoms with Crippen molar-refractivity contribution in [2.24, 2.45) is 0 Å². The van der Waals surface area contributed by atoms with Crippen LogP contribution in [0.3, 0.4) is 0 Å². The van der Waals surface area contributed by atoms with Crippen LogP contribution in [0.1, 0.15) is 38.3 Å². The minimum absolute atomic E-state index is 0.363. The van der Waals surface area contributed by atoms with Gasteiger partial charge in [-0.2, -0.15) is 0 Å². The summed E-state index contributed by atoms with van der Waals surface area (Å²) < 4.78 is 2.30. The third-order valence-electron chi connectivity index (χ3n) is 6.58. The second-order valence-corrected chi connectivity index (χ2v) is 13.4. The third kappa shape index (κ3) is 2.25. The number of fused-ring (bicyclic) bond motifs is 3. The lowest BCUT2D eigenvalue weighted by atomic mass is 9.99. The topological polar surface area (TPSA) is 3.24 Å². The summed E-state index contributed by atoms with van der Waals surface area (Å²) in [6.45, 7) is 14.1. The highest BCUT2D eigenvalue weighted by molar-refractivity contribution is 9.10. The number of aryl methyl sites for hydroxylation is 1. The van der Waals surface area contributed by atoms with Crippen molar-refractivity contribution in [2.75, 3.05) is 3.93 Å². The highest BCUT2D eigenvalue weighted by Crippen LogP contribution is 2.52. The number of benzene rings is 1. The first-order valence-electron chi connectivity index (χ1n) is 9.10. The molecule has 0 amide bonds. The van der Waals surface area contributed by atoms with Crippen molar-refractivity contribution in [1.82, 2.24) is 0 Å². The van der Waals surface area contributed by atoms with Crippen molar-refractivity contribution in [3.63, 3.8) is 0 Å². The number of hydrogen-bond donors (Lipinski definition) is 0. The number of anilines is 1. The predicted molar refractivity (Wildman–Crippen MR) is 116 cm³/mol. The third-order valence-corrected chi connectivity index (χ3v) is 11.2. The van der Waals surface area contributed by atoms with Crippen molar-refractivity contribution in [2.45, 2.75) is 53.3 Å². The molecule has 4 rings (SSSR count). The van der Waals surface area contributed by atoms with Crippen LogP contribution in [-0.2, 0) is 0 Å². The van der Waals surface area contributed by atoms with E-state index in [0.29, 0.717) is 6.04 Å². The van der Waals surface area contributed by atoms with E-state index in [1.165, 1.54) is 39.1 Å². The SMILES string of the molecule is CC1=C(C)C2C(=C1C)c1cc([Si](C)(C)C3=CC=CC3)c(C)cc1N2Br. The van der Waals surface area contributed by atoms with Gasteiger partial charge in [0, 0.05) is 5.56 Å². The number of rotatable bonds is 2. The zero-order valence-electron chi connectivity index (χ0n) is 16.0. The summed E-state index contributed by atoms with van der Waals surface area (Å²) in [5.41, 5.74) is 10.1. The molecule has 1 aromatic rings. The molecule has 1 nitrogen and oxygen atoms in total. The van der Waals surface area contributed by atoms with Gasteiger partial charge in [0.1, 0.15) is 8.07 Å². The maximum absolute atomic E-state index is 3.87. The second kappa shape index (κ2) is 5.59. The summed E-state index contributed by atoms with van der Waals surface area (Å²) in [6.07, 6.45) is 8.01. The van der Waals surface area contributed by atoms with Crippen LogP contribution in [0.2, 0.25) is 13.1 Å². The molecular formula is C22H26BrNSi. The van der Waals surface area contributed by atoms with Gasteiger partial charge in [0.05, 0.1) is 27.9 Å². The van der Waals surface area contributed by atoms with Crippen molar-refractivity contribution in [3.05, 3.63) is 63.4 Å². The highest BCUT2D eigenvalue weighted by Gasteiger charge is 2.41. The first-order chi connectivity index (χ1) is 11.7. The number of hydrogen-bond acceptors (Lipinski definition) is 1. The second-order valence-electron chi connectivity index (χ2n) is 8.19. The van der Waals surface area contributed by atoms with Crippen LogP contribution in [0.5, 0.6) is 0 Å². The van der Waals surface area contributed by atoms with Crippen LogP contribution in [-0.4, -0.2) is 14.1 Å². The molecule has 0 saturated carbocycles. The Balaban J connectivity index is 1.90. The molecule has 0 saturated heterocycles. The Morgan fingerprint density at radius 3 is 2.44 bits per heavy atom. The van der Waals surface area contributed by atoms with E-state index < -0.39 is 8.07 Å². The zero-order chi connectivity index (χ0) is 18.1. The molecule has 0 aromatic heterocycles. The number of nitrogens with zero attached hydrogens (tertiary/aromatic N) is 1. The lowest BCUT2D eigenvalue weighted by Crippen LogP contribution is -2.45. The van der Waals surface area contributed by atoms with E-state index >= 15 is 0 Å². The molecule has 0 spiro atoms. The summed E-state index contributed by atoms with van der Waals surface area (Å²) >= 11 is 3.87. The molecule has 1 atom stereocenters. The van der Waals surface area contributed by atoms with Gasteiger partial charge in [-0.3, -0.25) is 3.93 Å². The monoisotopic (exact) mass is 411 g/mol.